The van der Waals surface area contributed by atoms with Gasteiger partial charge in [-0.15, -0.1) is 0 Å². The average molecular weight is 345 g/mol. The van der Waals surface area contributed by atoms with Gasteiger partial charge in [0.15, 0.2) is 0 Å². The molecule has 0 N–H and O–H groups in total. The topological polar surface area (TPSA) is 0 Å². The second-order valence-corrected chi connectivity index (χ2v) is 4.60. The Morgan fingerprint density at radius 3 is 1.83 bits per heavy atom. The van der Waals surface area contributed by atoms with Crippen molar-refractivity contribution in [2.24, 2.45) is 5.92 Å². The Morgan fingerprint density at radius 1 is 0.944 bits per heavy atom. The van der Waals surface area contributed by atoms with E-state index >= 15 is 0 Å². The molecule has 104 valence electrons. The molecule has 1 rings (SSSR count). The van der Waals surface area contributed by atoms with Crippen molar-refractivity contribution in [2.75, 3.05) is 0 Å². The maximum absolute atomic E-state index is 13.1. The molecule has 2 unspecified atom stereocenters. The van der Waals surface area contributed by atoms with Crippen LogP contribution in [-0.4, -0.2) is 23.1 Å². The van der Waals surface area contributed by atoms with E-state index in [1.54, 1.807) is 0 Å². The Kier molecular flexibility index (Phi) is 3.86. The van der Waals surface area contributed by atoms with E-state index in [-0.39, 0.29) is 6.08 Å². The number of allylic oxidation sites excluding steroid dienone is 4. The fraction of sp³-hybridized carbons (Fsp3) is 0.556. The first-order valence-electron chi connectivity index (χ1n) is 4.43. The van der Waals surface area contributed by atoms with E-state index in [0.29, 0.717) is 0 Å². The first-order chi connectivity index (χ1) is 7.89. The summed E-state index contributed by atoms with van der Waals surface area (Å²) in [6.45, 7) is 0. The highest BCUT2D eigenvalue weighted by atomic mass is 79.9. The van der Waals surface area contributed by atoms with Crippen molar-refractivity contribution in [3.05, 3.63) is 23.8 Å². The number of hydrogen-bond donors (Lipinski definition) is 0. The van der Waals surface area contributed by atoms with Gasteiger partial charge in [-0.3, -0.25) is 0 Å². The summed E-state index contributed by atoms with van der Waals surface area (Å²) in [5.74, 6) is -8.52. The van der Waals surface area contributed by atoms with Gasteiger partial charge in [-0.25, -0.2) is 0 Å². The molecule has 0 bridgehead atoms. The number of halogens is 9. The third-order valence-corrected chi connectivity index (χ3v) is 3.15. The van der Waals surface area contributed by atoms with Crippen LogP contribution in [0.4, 0.5) is 35.1 Å². The Labute approximate surface area is 104 Å². The highest BCUT2D eigenvalue weighted by Crippen LogP contribution is 2.51. The van der Waals surface area contributed by atoms with Gasteiger partial charge < -0.3 is 0 Å². The molecule has 18 heavy (non-hydrogen) atoms. The van der Waals surface area contributed by atoms with Gasteiger partial charge in [-0.1, -0.05) is 34.2 Å². The van der Waals surface area contributed by atoms with E-state index in [1.807, 2.05) is 0 Å². The van der Waals surface area contributed by atoms with E-state index in [4.69, 9.17) is 0 Å². The van der Waals surface area contributed by atoms with Crippen LogP contribution in [0.5, 0.6) is 0 Å². The van der Waals surface area contributed by atoms with Crippen LogP contribution in [-0.2, 0) is 0 Å². The van der Waals surface area contributed by atoms with Gasteiger partial charge in [-0.2, -0.15) is 35.1 Å². The maximum atomic E-state index is 13.1. The van der Waals surface area contributed by atoms with Crippen LogP contribution in [0.3, 0.4) is 0 Å². The molecule has 2 atom stereocenters. The molecular weight excluding hydrogens is 340 g/mol. The van der Waals surface area contributed by atoms with Crippen LogP contribution in [0.15, 0.2) is 23.8 Å². The van der Waals surface area contributed by atoms with Crippen molar-refractivity contribution < 1.29 is 35.1 Å². The first kappa shape index (κ1) is 15.5. The van der Waals surface area contributed by atoms with Gasteiger partial charge in [-0.05, 0) is 0 Å². The summed E-state index contributed by atoms with van der Waals surface area (Å²) in [6.07, 6.45) is -9.50. The SMILES string of the molecule is FC(F)(F)C1=CC=CC(Br)C1C(F)(F)C(F)(F)F. The molecule has 0 aromatic carbocycles. The predicted octanol–water partition coefficient (Wildman–Crippen LogP) is 4.62. The van der Waals surface area contributed by atoms with Crippen molar-refractivity contribution in [1.29, 1.82) is 0 Å². The van der Waals surface area contributed by atoms with Crippen molar-refractivity contribution in [2.45, 2.75) is 23.1 Å². The van der Waals surface area contributed by atoms with Gasteiger partial charge in [0, 0.05) is 10.4 Å². The van der Waals surface area contributed by atoms with Crippen molar-refractivity contribution in [3.63, 3.8) is 0 Å². The number of alkyl halides is 9. The Hall–Kier alpha value is -0.600. The van der Waals surface area contributed by atoms with E-state index < -0.39 is 34.6 Å². The van der Waals surface area contributed by atoms with Crippen LogP contribution in [0.2, 0.25) is 0 Å². The lowest BCUT2D eigenvalue weighted by Crippen LogP contribution is -2.50. The number of hydrogen-bond acceptors (Lipinski definition) is 0. The molecule has 0 saturated heterocycles. The molecule has 0 aromatic rings. The normalized spacial score (nSPS) is 26.2. The lowest BCUT2D eigenvalue weighted by Gasteiger charge is -2.34. The van der Waals surface area contributed by atoms with Gasteiger partial charge in [0.05, 0.1) is 5.92 Å². The monoisotopic (exact) mass is 344 g/mol. The zero-order chi connectivity index (χ0) is 14.4. The summed E-state index contributed by atoms with van der Waals surface area (Å²) in [4.78, 5) is -1.75. The molecular formula is C9H5BrF8. The quantitative estimate of drug-likeness (QED) is 0.481. The zero-order valence-electron chi connectivity index (χ0n) is 8.29. The Balaban J connectivity index is 3.28. The molecule has 1 aliphatic carbocycles. The van der Waals surface area contributed by atoms with E-state index in [0.717, 1.165) is 12.2 Å². The summed E-state index contributed by atoms with van der Waals surface area (Å²) in [5, 5.41) is 0. The molecule has 9 heteroatoms. The highest BCUT2D eigenvalue weighted by molar-refractivity contribution is 9.09. The first-order valence-corrected chi connectivity index (χ1v) is 5.35. The second-order valence-electron chi connectivity index (χ2n) is 3.55. The lowest BCUT2D eigenvalue weighted by molar-refractivity contribution is -0.300. The fourth-order valence-electron chi connectivity index (χ4n) is 1.49. The number of rotatable bonds is 1. The molecule has 0 spiro atoms. The minimum atomic E-state index is -6.06. The summed E-state index contributed by atoms with van der Waals surface area (Å²) in [6, 6.07) is 0. The Morgan fingerprint density at radius 2 is 1.44 bits per heavy atom. The minimum absolute atomic E-state index is 0.224. The van der Waals surface area contributed by atoms with Crippen LogP contribution in [0, 0.1) is 5.92 Å². The van der Waals surface area contributed by atoms with Crippen molar-refractivity contribution in [3.8, 4) is 0 Å². The predicted molar refractivity (Wildman–Crippen MR) is 50.5 cm³/mol. The molecule has 0 saturated carbocycles. The standard InChI is InChI=1S/C9H5BrF8/c10-5-3-1-2-4(8(13,14)15)6(5)7(11,12)9(16,17)18/h1-3,5-6H. The van der Waals surface area contributed by atoms with Crippen LogP contribution in [0.25, 0.3) is 0 Å². The molecule has 0 heterocycles. The third-order valence-electron chi connectivity index (χ3n) is 2.32. The minimum Gasteiger partial charge on any atom is -0.196 e. The van der Waals surface area contributed by atoms with Crippen LogP contribution >= 0.6 is 15.9 Å². The van der Waals surface area contributed by atoms with Crippen molar-refractivity contribution in [1.82, 2.24) is 0 Å². The second kappa shape index (κ2) is 4.50. The van der Waals surface area contributed by atoms with Crippen LogP contribution in [0.1, 0.15) is 0 Å². The summed E-state index contributed by atoms with van der Waals surface area (Å²) >= 11 is 2.41. The van der Waals surface area contributed by atoms with Crippen molar-refractivity contribution >= 4 is 15.9 Å². The largest absolute Gasteiger partial charge is 0.453 e. The summed E-state index contributed by atoms with van der Waals surface area (Å²) in [7, 11) is 0. The van der Waals surface area contributed by atoms with Gasteiger partial charge in [0.2, 0.25) is 0 Å². The zero-order valence-corrected chi connectivity index (χ0v) is 9.87. The third kappa shape index (κ3) is 2.70. The van der Waals surface area contributed by atoms with Gasteiger partial charge in [0.25, 0.3) is 0 Å². The molecule has 0 fully saturated rings. The van der Waals surface area contributed by atoms with Gasteiger partial charge in [0.1, 0.15) is 0 Å². The molecule has 0 aliphatic heterocycles. The molecule has 1 aliphatic rings. The lowest BCUT2D eigenvalue weighted by atomic mass is 9.85. The van der Waals surface area contributed by atoms with Gasteiger partial charge >= 0.3 is 18.3 Å². The highest BCUT2D eigenvalue weighted by Gasteiger charge is 2.67. The summed E-state index contributed by atoms with van der Waals surface area (Å²) in [5.41, 5.74) is -1.91. The smallest absolute Gasteiger partial charge is 0.196 e. The average Bonchev–Trinajstić information content (AvgIpc) is 2.13. The molecule has 0 nitrogen and oxygen atoms in total. The molecule has 0 radical (unpaired) electrons. The van der Waals surface area contributed by atoms with E-state index in [2.05, 4.69) is 15.9 Å². The van der Waals surface area contributed by atoms with Crippen LogP contribution < -0.4 is 0 Å². The van der Waals surface area contributed by atoms with E-state index in [1.165, 1.54) is 0 Å². The fourth-order valence-corrected chi connectivity index (χ4v) is 2.29. The molecule has 0 aromatic heterocycles. The van der Waals surface area contributed by atoms with E-state index in [9.17, 15) is 35.1 Å². The molecule has 0 amide bonds. The maximum Gasteiger partial charge on any atom is 0.453 e. The summed E-state index contributed by atoms with van der Waals surface area (Å²) < 4.78 is 100. The Bertz CT molecular complexity index is 375.